The summed E-state index contributed by atoms with van der Waals surface area (Å²) in [5.74, 6) is 7.85. The van der Waals surface area contributed by atoms with Crippen LogP contribution in [-0.4, -0.2) is 0 Å². The van der Waals surface area contributed by atoms with E-state index in [2.05, 4.69) is 43.2 Å². The van der Waals surface area contributed by atoms with Gasteiger partial charge in [0.25, 0.3) is 0 Å². The second kappa shape index (κ2) is 4.77. The lowest BCUT2D eigenvalue weighted by atomic mass is 10.1. The zero-order chi connectivity index (χ0) is 9.84. The summed E-state index contributed by atoms with van der Waals surface area (Å²) < 4.78 is 1.91. The maximum Gasteiger partial charge on any atom is 0.108 e. The molecule has 0 aliphatic rings. The summed E-state index contributed by atoms with van der Waals surface area (Å²) in [7, 11) is 0. The molecule has 0 aromatic heterocycles. The fourth-order valence-electron chi connectivity index (χ4n) is 0.964. The number of hydrazine groups is 1. The summed E-state index contributed by atoms with van der Waals surface area (Å²) in [5, 5.41) is 0. The van der Waals surface area contributed by atoms with Gasteiger partial charge in [-0.05, 0) is 23.8 Å². The Kier molecular flexibility index (Phi) is 3.94. The molecule has 2 nitrogen and oxygen atoms in total. The Morgan fingerprint density at radius 3 is 2.69 bits per heavy atom. The third kappa shape index (κ3) is 2.55. The summed E-state index contributed by atoms with van der Waals surface area (Å²) in [6.07, 6.45) is 5.31. The summed E-state index contributed by atoms with van der Waals surface area (Å²) in [6.45, 7) is 0. The van der Waals surface area contributed by atoms with Crippen LogP contribution in [0.15, 0.2) is 27.1 Å². The number of benzene rings is 1. The van der Waals surface area contributed by atoms with E-state index in [1.54, 1.807) is 0 Å². The van der Waals surface area contributed by atoms with Gasteiger partial charge in [-0.3, -0.25) is 5.84 Å². The molecule has 0 saturated carbocycles. The molecule has 1 unspecified atom stereocenters. The van der Waals surface area contributed by atoms with Crippen LogP contribution >= 0.6 is 31.9 Å². The monoisotopic (exact) mass is 302 g/mol. The van der Waals surface area contributed by atoms with Crippen LogP contribution in [0.25, 0.3) is 0 Å². The topological polar surface area (TPSA) is 38.0 Å². The molecular formula is C9H8Br2N2. The van der Waals surface area contributed by atoms with Gasteiger partial charge in [0.1, 0.15) is 6.04 Å². The molecule has 0 amide bonds. The highest BCUT2D eigenvalue weighted by atomic mass is 79.9. The van der Waals surface area contributed by atoms with E-state index in [0.29, 0.717) is 0 Å². The van der Waals surface area contributed by atoms with E-state index in [9.17, 15) is 0 Å². The predicted molar refractivity (Wildman–Crippen MR) is 60.7 cm³/mol. The third-order valence-corrected chi connectivity index (χ3v) is 2.82. The summed E-state index contributed by atoms with van der Waals surface area (Å²) >= 11 is 6.77. The van der Waals surface area contributed by atoms with Crippen LogP contribution in [0, 0.1) is 12.3 Å². The molecule has 3 N–H and O–H groups in total. The second-order valence-corrected chi connectivity index (χ2v) is 4.20. The average molecular weight is 304 g/mol. The lowest BCUT2D eigenvalue weighted by Crippen LogP contribution is -2.27. The van der Waals surface area contributed by atoms with Crippen molar-refractivity contribution >= 4 is 31.9 Å². The number of halogens is 2. The van der Waals surface area contributed by atoms with Gasteiger partial charge in [-0.1, -0.05) is 37.8 Å². The normalized spacial score (nSPS) is 12.2. The zero-order valence-corrected chi connectivity index (χ0v) is 9.89. The molecule has 13 heavy (non-hydrogen) atoms. The summed E-state index contributed by atoms with van der Waals surface area (Å²) in [6, 6.07) is 5.50. The Balaban J connectivity index is 3.13. The molecule has 0 fully saturated rings. The fraction of sp³-hybridized carbons (Fsp3) is 0.111. The summed E-state index contributed by atoms with van der Waals surface area (Å²) in [4.78, 5) is 0. The van der Waals surface area contributed by atoms with E-state index in [1.807, 2.05) is 18.2 Å². The molecule has 1 aromatic carbocycles. The highest BCUT2D eigenvalue weighted by molar-refractivity contribution is 9.11. The van der Waals surface area contributed by atoms with Crippen LogP contribution in [0.3, 0.4) is 0 Å². The van der Waals surface area contributed by atoms with Gasteiger partial charge in [-0.25, -0.2) is 5.43 Å². The van der Waals surface area contributed by atoms with Gasteiger partial charge in [-0.15, -0.1) is 6.42 Å². The zero-order valence-electron chi connectivity index (χ0n) is 6.72. The van der Waals surface area contributed by atoms with Gasteiger partial charge in [-0.2, -0.15) is 0 Å². The van der Waals surface area contributed by atoms with Crippen molar-refractivity contribution in [3.63, 3.8) is 0 Å². The standard InChI is InChI=1S/C9H8Br2N2/c1-2-9(13-12)7-5-6(10)3-4-8(7)11/h1,3-5,9,13H,12H2. The van der Waals surface area contributed by atoms with E-state index < -0.39 is 0 Å². The molecule has 0 bridgehead atoms. The molecule has 0 heterocycles. The number of hydrogen-bond acceptors (Lipinski definition) is 2. The molecule has 0 aliphatic heterocycles. The highest BCUT2D eigenvalue weighted by Crippen LogP contribution is 2.26. The molecule has 0 radical (unpaired) electrons. The Morgan fingerprint density at radius 2 is 2.15 bits per heavy atom. The molecule has 0 saturated heterocycles. The largest absolute Gasteiger partial charge is 0.270 e. The van der Waals surface area contributed by atoms with Crippen LogP contribution in [0.5, 0.6) is 0 Å². The maximum absolute atomic E-state index is 5.31. The van der Waals surface area contributed by atoms with Crippen molar-refractivity contribution in [2.75, 3.05) is 0 Å². The summed E-state index contributed by atoms with van der Waals surface area (Å²) in [5.41, 5.74) is 3.49. The van der Waals surface area contributed by atoms with E-state index in [4.69, 9.17) is 12.3 Å². The van der Waals surface area contributed by atoms with E-state index in [0.717, 1.165) is 14.5 Å². The van der Waals surface area contributed by atoms with Crippen molar-refractivity contribution in [2.45, 2.75) is 6.04 Å². The first-order chi connectivity index (χ1) is 6.19. The van der Waals surface area contributed by atoms with Crippen LogP contribution < -0.4 is 11.3 Å². The van der Waals surface area contributed by atoms with Gasteiger partial charge in [0.15, 0.2) is 0 Å². The van der Waals surface area contributed by atoms with Crippen molar-refractivity contribution in [3.8, 4) is 12.3 Å². The van der Waals surface area contributed by atoms with Crippen LogP contribution in [-0.2, 0) is 0 Å². The van der Waals surface area contributed by atoms with Gasteiger partial charge < -0.3 is 0 Å². The molecule has 1 rings (SSSR count). The minimum Gasteiger partial charge on any atom is -0.270 e. The van der Waals surface area contributed by atoms with Crippen molar-refractivity contribution in [1.29, 1.82) is 0 Å². The Hall–Kier alpha value is -0.340. The van der Waals surface area contributed by atoms with Gasteiger partial charge in [0, 0.05) is 8.95 Å². The lowest BCUT2D eigenvalue weighted by molar-refractivity contribution is 0.671. The molecule has 0 aliphatic carbocycles. The van der Waals surface area contributed by atoms with E-state index >= 15 is 0 Å². The van der Waals surface area contributed by atoms with Crippen LogP contribution in [0.2, 0.25) is 0 Å². The molecule has 1 aromatic rings. The second-order valence-electron chi connectivity index (χ2n) is 2.43. The molecule has 68 valence electrons. The SMILES string of the molecule is C#CC(NN)c1cc(Br)ccc1Br. The number of nitrogens with two attached hydrogens (primary N) is 1. The Labute approximate surface area is 94.1 Å². The quantitative estimate of drug-likeness (QED) is 0.500. The molecular weight excluding hydrogens is 296 g/mol. The molecule has 0 spiro atoms. The van der Waals surface area contributed by atoms with Crippen molar-refractivity contribution in [3.05, 3.63) is 32.7 Å². The average Bonchev–Trinajstić information content (AvgIpc) is 2.13. The Morgan fingerprint density at radius 1 is 1.46 bits per heavy atom. The third-order valence-electron chi connectivity index (χ3n) is 1.60. The maximum atomic E-state index is 5.31. The van der Waals surface area contributed by atoms with Crippen molar-refractivity contribution < 1.29 is 0 Å². The van der Waals surface area contributed by atoms with Crippen LogP contribution in [0.4, 0.5) is 0 Å². The van der Waals surface area contributed by atoms with Gasteiger partial charge in [0.05, 0.1) is 0 Å². The number of terminal acetylenes is 1. The first-order valence-corrected chi connectivity index (χ1v) is 5.15. The van der Waals surface area contributed by atoms with Gasteiger partial charge in [0.2, 0.25) is 0 Å². The minimum absolute atomic E-state index is 0.271. The first-order valence-electron chi connectivity index (χ1n) is 3.56. The minimum atomic E-state index is -0.271. The van der Waals surface area contributed by atoms with E-state index in [1.165, 1.54) is 0 Å². The number of rotatable bonds is 2. The number of hydrogen-bond donors (Lipinski definition) is 2. The molecule has 4 heteroatoms. The van der Waals surface area contributed by atoms with Crippen molar-refractivity contribution in [1.82, 2.24) is 5.43 Å². The predicted octanol–water partition coefficient (Wildman–Crippen LogP) is 2.35. The van der Waals surface area contributed by atoms with Gasteiger partial charge >= 0.3 is 0 Å². The Bertz CT molecular complexity index is 344. The fourth-order valence-corrected chi connectivity index (χ4v) is 1.82. The van der Waals surface area contributed by atoms with Crippen LogP contribution in [0.1, 0.15) is 11.6 Å². The number of nitrogens with one attached hydrogen (secondary N) is 1. The van der Waals surface area contributed by atoms with E-state index in [-0.39, 0.29) is 6.04 Å². The first kappa shape index (κ1) is 10.7. The van der Waals surface area contributed by atoms with Crippen molar-refractivity contribution in [2.24, 2.45) is 5.84 Å². The molecule has 1 atom stereocenters. The lowest BCUT2D eigenvalue weighted by Gasteiger charge is -2.11. The smallest absolute Gasteiger partial charge is 0.108 e. The highest BCUT2D eigenvalue weighted by Gasteiger charge is 2.09.